The third-order valence-electron chi connectivity index (χ3n) is 4.12. The van der Waals surface area contributed by atoms with E-state index < -0.39 is 0 Å². The molecule has 0 spiro atoms. The van der Waals surface area contributed by atoms with Gasteiger partial charge in [0.2, 0.25) is 0 Å². The number of allylic oxidation sites excluding steroid dienone is 12. The summed E-state index contributed by atoms with van der Waals surface area (Å²) in [4.78, 5) is 0. The van der Waals surface area contributed by atoms with Crippen molar-refractivity contribution in [1.82, 2.24) is 0 Å². The Balaban J connectivity index is 0.000000356. The standard InChI is InChI=1S/C7H10.2C7H8.C7H6.CH4/c4*1-7-5-3-2-4-6-7;/h2-3,5H,4,6H2,1H3;2*2H,3,5H2,1H3;2-3,5H,1H3;1H4. The van der Waals surface area contributed by atoms with Crippen LogP contribution in [0.2, 0.25) is 0 Å². The van der Waals surface area contributed by atoms with Gasteiger partial charge in [0.25, 0.3) is 0 Å². The highest BCUT2D eigenvalue weighted by atomic mass is 13.9. The van der Waals surface area contributed by atoms with Crippen LogP contribution in [0.3, 0.4) is 0 Å². The van der Waals surface area contributed by atoms with Crippen LogP contribution in [0.25, 0.3) is 0 Å². The minimum Gasteiger partial charge on any atom is -0.0842 e. The van der Waals surface area contributed by atoms with Crippen LogP contribution in [0.15, 0.2) is 105 Å². The van der Waals surface area contributed by atoms with E-state index in [1.54, 1.807) is 0 Å². The minimum atomic E-state index is 0. The molecule has 0 unspecified atom stereocenters. The summed E-state index contributed by atoms with van der Waals surface area (Å²) in [5.74, 6) is 0. The van der Waals surface area contributed by atoms with E-state index in [4.69, 9.17) is 0 Å². The molecule has 4 rings (SSSR count). The van der Waals surface area contributed by atoms with E-state index in [9.17, 15) is 0 Å². The minimum absolute atomic E-state index is 0. The predicted octanol–water partition coefficient (Wildman–Crippen LogP) is 8.80. The smallest absolute Gasteiger partial charge is 0.000703 e. The van der Waals surface area contributed by atoms with Gasteiger partial charge in [-0.3, -0.25) is 0 Å². The zero-order valence-corrected chi connectivity index (χ0v) is 17.9. The SMILES string of the molecule is C.CC1=C=C=CC=C1.CC1=C=C=CCC1.CC1=C=C=CCC1.CC1=CC=CCC1. The lowest BCUT2D eigenvalue weighted by molar-refractivity contribution is 0.962. The van der Waals surface area contributed by atoms with Crippen molar-refractivity contribution in [2.24, 2.45) is 0 Å². The molecule has 0 saturated carbocycles. The molecule has 0 aromatic rings. The van der Waals surface area contributed by atoms with Crippen molar-refractivity contribution in [2.75, 3.05) is 0 Å². The third-order valence-corrected chi connectivity index (χ3v) is 4.12. The van der Waals surface area contributed by atoms with Crippen molar-refractivity contribution >= 4 is 0 Å². The summed E-state index contributed by atoms with van der Waals surface area (Å²) in [5, 5.41) is 0. The van der Waals surface area contributed by atoms with Gasteiger partial charge < -0.3 is 0 Å². The Labute approximate surface area is 179 Å². The van der Waals surface area contributed by atoms with E-state index in [1.165, 1.54) is 42.4 Å². The van der Waals surface area contributed by atoms with Crippen molar-refractivity contribution in [3.8, 4) is 0 Å². The summed E-state index contributed by atoms with van der Waals surface area (Å²) in [7, 11) is 0. The van der Waals surface area contributed by atoms with Crippen LogP contribution >= 0.6 is 0 Å². The average Bonchev–Trinajstić information content (AvgIpc) is 2.72. The second-order valence-corrected chi connectivity index (χ2v) is 7.04. The van der Waals surface area contributed by atoms with Gasteiger partial charge in [-0.15, -0.1) is 0 Å². The van der Waals surface area contributed by atoms with E-state index in [2.05, 4.69) is 73.4 Å². The number of hydrogen-bond donors (Lipinski definition) is 0. The Morgan fingerprint density at radius 3 is 1.52 bits per heavy atom. The fourth-order valence-electron chi connectivity index (χ4n) is 2.36. The molecule has 0 fully saturated rings. The maximum Gasteiger partial charge on any atom is -0.000703 e. The van der Waals surface area contributed by atoms with Gasteiger partial charge in [0.1, 0.15) is 0 Å². The van der Waals surface area contributed by atoms with Gasteiger partial charge in [0, 0.05) is 0 Å². The summed E-state index contributed by atoms with van der Waals surface area (Å²) in [5.41, 5.74) is 22.9. The molecule has 0 aromatic heterocycles. The maximum absolute atomic E-state index is 2.99. The largest absolute Gasteiger partial charge is 0.0842 e. The van der Waals surface area contributed by atoms with E-state index in [1.807, 2.05) is 37.3 Å². The highest BCUT2D eigenvalue weighted by Gasteiger charge is 1.89. The lowest BCUT2D eigenvalue weighted by atomic mass is 10.1. The van der Waals surface area contributed by atoms with E-state index in [0.717, 1.165) is 18.4 Å². The van der Waals surface area contributed by atoms with E-state index >= 15 is 0 Å². The Kier molecular flexibility index (Phi) is 15.5. The van der Waals surface area contributed by atoms with Crippen LogP contribution in [-0.2, 0) is 0 Å². The summed E-state index contributed by atoms with van der Waals surface area (Å²) >= 11 is 0. The van der Waals surface area contributed by atoms with Crippen LogP contribution in [0.5, 0.6) is 0 Å². The lowest BCUT2D eigenvalue weighted by Gasteiger charge is -1.98. The van der Waals surface area contributed by atoms with Crippen LogP contribution < -0.4 is 0 Å². The Bertz CT molecular complexity index is 858. The molecule has 4 aliphatic rings. The van der Waals surface area contributed by atoms with Crippen molar-refractivity contribution in [3.63, 3.8) is 0 Å². The lowest BCUT2D eigenvalue weighted by Crippen LogP contribution is -1.78. The first-order chi connectivity index (χ1) is 13.6. The molecule has 0 heteroatoms. The molecule has 152 valence electrons. The summed E-state index contributed by atoms with van der Waals surface area (Å²) in [6.07, 6.45) is 23.5. The van der Waals surface area contributed by atoms with Gasteiger partial charge >= 0.3 is 0 Å². The highest BCUT2D eigenvalue weighted by Crippen LogP contribution is 2.09. The first kappa shape index (κ1) is 26.1. The molecule has 0 nitrogen and oxygen atoms in total. The van der Waals surface area contributed by atoms with E-state index in [-0.39, 0.29) is 7.43 Å². The molecule has 0 aliphatic heterocycles. The topological polar surface area (TPSA) is 0 Å². The van der Waals surface area contributed by atoms with Crippen LogP contribution in [-0.4, -0.2) is 0 Å². The van der Waals surface area contributed by atoms with Gasteiger partial charge in [-0.1, -0.05) is 77.8 Å². The molecule has 29 heavy (non-hydrogen) atoms. The molecular formula is C29H36. The molecule has 0 radical (unpaired) electrons. The zero-order chi connectivity index (χ0) is 20.5. The molecule has 0 aromatic carbocycles. The second kappa shape index (κ2) is 17.2. The van der Waals surface area contributed by atoms with Crippen molar-refractivity contribution < 1.29 is 0 Å². The predicted molar refractivity (Wildman–Crippen MR) is 129 cm³/mol. The number of hydrogen-bond acceptors (Lipinski definition) is 0. The Morgan fingerprint density at radius 2 is 1.31 bits per heavy atom. The summed E-state index contributed by atoms with van der Waals surface area (Å²) < 4.78 is 0. The summed E-state index contributed by atoms with van der Waals surface area (Å²) in [6.45, 7) is 8.33. The summed E-state index contributed by atoms with van der Waals surface area (Å²) in [6, 6.07) is 0. The fraction of sp³-hybridized carbons (Fsp3) is 0.379. The molecule has 0 N–H and O–H groups in total. The zero-order valence-electron chi connectivity index (χ0n) is 17.9. The van der Waals surface area contributed by atoms with Gasteiger partial charge in [0.15, 0.2) is 0 Å². The Hall–Kier alpha value is -2.88. The van der Waals surface area contributed by atoms with E-state index in [0.29, 0.717) is 0 Å². The first-order valence-electron chi connectivity index (χ1n) is 10.1. The van der Waals surface area contributed by atoms with Gasteiger partial charge in [-0.05, 0) is 101 Å². The second-order valence-electron chi connectivity index (χ2n) is 7.04. The molecule has 0 saturated heterocycles. The average molecular weight is 385 g/mol. The molecule has 4 aliphatic carbocycles. The van der Waals surface area contributed by atoms with Crippen molar-refractivity contribution in [2.45, 2.75) is 73.6 Å². The van der Waals surface area contributed by atoms with Crippen LogP contribution in [0.1, 0.15) is 73.6 Å². The van der Waals surface area contributed by atoms with Crippen LogP contribution in [0, 0.1) is 0 Å². The fourth-order valence-corrected chi connectivity index (χ4v) is 2.36. The first-order valence-corrected chi connectivity index (χ1v) is 10.1. The van der Waals surface area contributed by atoms with Crippen molar-refractivity contribution in [3.05, 3.63) is 105 Å². The molecule has 0 heterocycles. The Morgan fingerprint density at radius 1 is 0.690 bits per heavy atom. The molecular weight excluding hydrogens is 348 g/mol. The quantitative estimate of drug-likeness (QED) is 0.366. The van der Waals surface area contributed by atoms with Gasteiger partial charge in [-0.25, -0.2) is 0 Å². The molecule has 0 amide bonds. The maximum atomic E-state index is 2.99. The highest BCUT2D eigenvalue weighted by molar-refractivity contribution is 5.23. The van der Waals surface area contributed by atoms with Gasteiger partial charge in [-0.2, -0.15) is 0 Å². The van der Waals surface area contributed by atoms with Crippen molar-refractivity contribution in [1.29, 1.82) is 0 Å². The third kappa shape index (κ3) is 15.8. The molecule has 0 bridgehead atoms. The van der Waals surface area contributed by atoms with Crippen LogP contribution in [0.4, 0.5) is 0 Å². The monoisotopic (exact) mass is 384 g/mol. The normalized spacial score (nSPS) is 16.4. The molecule has 0 atom stereocenters. The number of rotatable bonds is 0. The van der Waals surface area contributed by atoms with Gasteiger partial charge in [0.05, 0.1) is 0 Å².